The molecule has 11 heteroatoms. The van der Waals surface area contributed by atoms with Crippen molar-refractivity contribution in [2.75, 3.05) is 18.0 Å². The Morgan fingerprint density at radius 1 is 1.12 bits per heavy atom. The molecule has 3 aliphatic rings. The molecule has 0 aromatic heterocycles. The number of hydrogen-bond acceptors (Lipinski definition) is 7. The van der Waals surface area contributed by atoms with Crippen LogP contribution in [0.15, 0.2) is 12.1 Å². The average molecular weight is 447 g/mol. The number of carbonyl (C=O) groups excluding carboxylic acids is 4. The first-order valence-corrected chi connectivity index (χ1v) is 10.4. The van der Waals surface area contributed by atoms with E-state index in [1.54, 1.807) is 4.90 Å². The summed E-state index contributed by atoms with van der Waals surface area (Å²) in [5, 5.41) is 11.1. The minimum Gasteiger partial charge on any atom is -0.479 e. The van der Waals surface area contributed by atoms with Gasteiger partial charge in [-0.1, -0.05) is 0 Å². The number of imide groups is 2. The van der Waals surface area contributed by atoms with Crippen molar-refractivity contribution in [1.29, 1.82) is 0 Å². The normalized spacial score (nSPS) is 22.8. The molecule has 170 valence electrons. The lowest BCUT2D eigenvalue weighted by Crippen LogP contribution is -2.54. The number of rotatable bonds is 5. The van der Waals surface area contributed by atoms with Gasteiger partial charge in [-0.3, -0.25) is 29.4 Å². The first-order valence-electron chi connectivity index (χ1n) is 10.4. The van der Waals surface area contributed by atoms with Crippen molar-refractivity contribution >= 4 is 35.3 Å². The molecule has 2 fully saturated rings. The molecule has 2 unspecified atom stereocenters. The molecule has 4 amide bonds. The van der Waals surface area contributed by atoms with Gasteiger partial charge in [0.15, 0.2) is 6.10 Å². The largest absolute Gasteiger partial charge is 0.479 e. The van der Waals surface area contributed by atoms with Crippen LogP contribution in [-0.2, 0) is 19.1 Å². The molecule has 2 N–H and O–H groups in total. The second-order valence-corrected chi connectivity index (χ2v) is 8.10. The van der Waals surface area contributed by atoms with Gasteiger partial charge in [0.2, 0.25) is 11.8 Å². The van der Waals surface area contributed by atoms with Crippen molar-refractivity contribution in [3.63, 3.8) is 0 Å². The first kappa shape index (κ1) is 21.9. The van der Waals surface area contributed by atoms with Crippen LogP contribution in [0.2, 0.25) is 0 Å². The van der Waals surface area contributed by atoms with Crippen LogP contribution in [-0.4, -0.2) is 70.9 Å². The molecule has 2 atom stereocenters. The molecule has 0 aliphatic carbocycles. The summed E-state index contributed by atoms with van der Waals surface area (Å²) in [6, 6.07) is 1.21. The number of amides is 4. The van der Waals surface area contributed by atoms with E-state index < -0.39 is 47.6 Å². The number of carboxylic acids is 1. The number of hydrogen-bond donors (Lipinski definition) is 2. The van der Waals surface area contributed by atoms with Gasteiger partial charge in [0.05, 0.1) is 22.9 Å². The maximum absolute atomic E-state index is 14.9. The Balaban J connectivity index is 1.51. The van der Waals surface area contributed by atoms with Crippen LogP contribution in [0.5, 0.6) is 0 Å². The number of fused-ring (bicyclic) bond motifs is 1. The van der Waals surface area contributed by atoms with Gasteiger partial charge < -0.3 is 14.7 Å². The average Bonchev–Trinajstić information content (AvgIpc) is 2.98. The lowest BCUT2D eigenvalue weighted by atomic mass is 10.0. The molecule has 0 radical (unpaired) electrons. The second-order valence-electron chi connectivity index (χ2n) is 8.10. The van der Waals surface area contributed by atoms with Gasteiger partial charge in [0.1, 0.15) is 11.9 Å². The lowest BCUT2D eigenvalue weighted by Gasteiger charge is -2.34. The number of nitrogens with zero attached hydrogens (tertiary/aromatic N) is 2. The molecule has 10 nitrogen and oxygen atoms in total. The second kappa shape index (κ2) is 8.30. The summed E-state index contributed by atoms with van der Waals surface area (Å²) in [6.07, 6.45) is -0.243. The van der Waals surface area contributed by atoms with Crippen molar-refractivity contribution in [3.05, 3.63) is 29.1 Å². The number of ether oxygens (including phenoxy) is 1. The monoisotopic (exact) mass is 447 g/mol. The van der Waals surface area contributed by atoms with Gasteiger partial charge in [-0.05, 0) is 38.3 Å². The van der Waals surface area contributed by atoms with Crippen molar-refractivity contribution < 1.29 is 38.2 Å². The summed E-state index contributed by atoms with van der Waals surface area (Å²) in [5.74, 6) is -4.39. The van der Waals surface area contributed by atoms with Gasteiger partial charge in [-0.2, -0.15) is 0 Å². The number of carboxylic acid groups (broad SMARTS) is 1. The van der Waals surface area contributed by atoms with E-state index >= 15 is 0 Å². The van der Waals surface area contributed by atoms with Gasteiger partial charge in [-0.15, -0.1) is 0 Å². The third kappa shape index (κ3) is 3.83. The number of aliphatic carboxylic acids is 1. The van der Waals surface area contributed by atoms with Crippen molar-refractivity contribution in [2.24, 2.45) is 0 Å². The highest BCUT2D eigenvalue weighted by atomic mass is 19.1. The van der Waals surface area contributed by atoms with E-state index in [4.69, 9.17) is 9.84 Å². The fourth-order valence-corrected chi connectivity index (χ4v) is 4.30. The highest BCUT2D eigenvalue weighted by molar-refractivity contribution is 6.23. The van der Waals surface area contributed by atoms with Crippen LogP contribution in [0.4, 0.5) is 10.1 Å². The third-order valence-electron chi connectivity index (χ3n) is 6.03. The van der Waals surface area contributed by atoms with Crippen LogP contribution in [0.3, 0.4) is 0 Å². The Bertz CT molecular complexity index is 1020. The molecule has 1 aromatic carbocycles. The van der Waals surface area contributed by atoms with Gasteiger partial charge >= 0.3 is 5.97 Å². The Morgan fingerprint density at radius 2 is 1.75 bits per heavy atom. The van der Waals surface area contributed by atoms with Crippen molar-refractivity contribution in [3.8, 4) is 0 Å². The van der Waals surface area contributed by atoms with Crippen LogP contribution < -0.4 is 10.2 Å². The number of carbonyl (C=O) groups is 5. The Hall–Kier alpha value is -3.34. The summed E-state index contributed by atoms with van der Waals surface area (Å²) in [4.78, 5) is 62.7. The minimum absolute atomic E-state index is 0.000927. The summed E-state index contributed by atoms with van der Waals surface area (Å²) in [6.45, 7) is 2.21. The highest BCUT2D eigenvalue weighted by Gasteiger charge is 2.45. The summed E-state index contributed by atoms with van der Waals surface area (Å²) >= 11 is 0. The SMILES string of the molecule is CC(OC1CCN(c2cc3c(cc2F)C(=O)N(C2CCC(=O)NC2=O)C3=O)CC1)C(=O)O. The zero-order valence-electron chi connectivity index (χ0n) is 17.3. The van der Waals surface area contributed by atoms with Gasteiger partial charge in [0.25, 0.3) is 11.8 Å². The van der Waals surface area contributed by atoms with E-state index in [9.17, 15) is 28.4 Å². The fourth-order valence-electron chi connectivity index (χ4n) is 4.30. The lowest BCUT2D eigenvalue weighted by molar-refractivity contribution is -0.153. The molecular formula is C21H22FN3O7. The maximum atomic E-state index is 14.9. The molecule has 3 heterocycles. The summed E-state index contributed by atoms with van der Waals surface area (Å²) in [7, 11) is 0. The van der Waals surface area contributed by atoms with Gasteiger partial charge in [-0.25, -0.2) is 9.18 Å². The molecule has 4 rings (SSSR count). The van der Waals surface area contributed by atoms with Crippen LogP contribution in [0.25, 0.3) is 0 Å². The number of anilines is 1. The highest BCUT2D eigenvalue weighted by Crippen LogP contribution is 2.33. The zero-order chi connectivity index (χ0) is 23.2. The Morgan fingerprint density at radius 3 is 2.34 bits per heavy atom. The van der Waals surface area contributed by atoms with E-state index in [1.807, 2.05) is 0 Å². The molecule has 3 aliphatic heterocycles. The number of piperidine rings is 2. The predicted octanol–water partition coefficient (Wildman–Crippen LogP) is 0.685. The summed E-state index contributed by atoms with van der Waals surface area (Å²) in [5.41, 5.74) is 0.0446. The smallest absolute Gasteiger partial charge is 0.332 e. The van der Waals surface area contributed by atoms with E-state index in [-0.39, 0.29) is 35.8 Å². The topological polar surface area (TPSA) is 133 Å². The number of nitrogens with one attached hydrogen (secondary N) is 1. The minimum atomic E-state index is -1.12. The number of halogens is 1. The molecule has 0 spiro atoms. The predicted molar refractivity (Wildman–Crippen MR) is 106 cm³/mol. The van der Waals surface area contributed by atoms with E-state index in [2.05, 4.69) is 5.32 Å². The zero-order valence-corrected chi connectivity index (χ0v) is 17.3. The quantitative estimate of drug-likeness (QED) is 0.630. The fraction of sp³-hybridized carbons (Fsp3) is 0.476. The molecule has 2 saturated heterocycles. The van der Waals surface area contributed by atoms with Crippen LogP contribution in [0.1, 0.15) is 53.3 Å². The van der Waals surface area contributed by atoms with Gasteiger partial charge in [0, 0.05) is 19.5 Å². The van der Waals surface area contributed by atoms with E-state index in [0.29, 0.717) is 25.9 Å². The molecule has 32 heavy (non-hydrogen) atoms. The molecular weight excluding hydrogens is 425 g/mol. The Labute approximate surface area is 182 Å². The van der Waals surface area contributed by atoms with Crippen molar-refractivity contribution in [1.82, 2.24) is 10.2 Å². The first-order chi connectivity index (χ1) is 15.2. The molecule has 1 aromatic rings. The maximum Gasteiger partial charge on any atom is 0.332 e. The standard InChI is InChI=1S/C21H22FN3O7/c1-10(21(30)31)32-11-4-6-24(7-5-11)16-9-13-12(8-14(16)22)19(28)25(20(13)29)15-2-3-17(26)23-18(15)27/h8-11,15H,2-7H2,1H3,(H,30,31)(H,23,26,27). The molecule has 0 bridgehead atoms. The van der Waals surface area contributed by atoms with Crippen LogP contribution in [0, 0.1) is 5.82 Å². The Kier molecular flexibility index (Phi) is 5.68. The molecule has 0 saturated carbocycles. The summed E-state index contributed by atoms with van der Waals surface area (Å²) < 4.78 is 20.4. The third-order valence-corrected chi connectivity index (χ3v) is 6.03. The van der Waals surface area contributed by atoms with E-state index in [1.165, 1.54) is 13.0 Å². The van der Waals surface area contributed by atoms with Crippen molar-refractivity contribution in [2.45, 2.75) is 50.9 Å². The van der Waals surface area contributed by atoms with Crippen LogP contribution >= 0.6 is 0 Å². The van der Waals surface area contributed by atoms with E-state index in [0.717, 1.165) is 11.0 Å². The number of benzene rings is 1.